The zero-order chi connectivity index (χ0) is 10.3. The maximum Gasteiger partial charge on any atom is 0.246 e. The first kappa shape index (κ1) is 8.96. The summed E-state index contributed by atoms with van der Waals surface area (Å²) < 4.78 is 5.72. The Morgan fingerprint density at radius 2 is 2.40 bits per heavy atom. The van der Waals surface area contributed by atoms with E-state index < -0.39 is 0 Å². The third-order valence-electron chi connectivity index (χ3n) is 3.23. The van der Waals surface area contributed by atoms with Crippen LogP contribution in [0.3, 0.4) is 0 Å². The number of hydrogen-bond donors (Lipinski definition) is 2. The van der Waals surface area contributed by atoms with Crippen molar-refractivity contribution >= 4 is 11.9 Å². The zero-order valence-electron chi connectivity index (χ0n) is 8.52. The smallest absolute Gasteiger partial charge is 0.246 e. The number of aromatic nitrogens is 3. The molecule has 15 heavy (non-hydrogen) atoms. The van der Waals surface area contributed by atoms with Crippen LogP contribution < -0.4 is 10.6 Å². The maximum absolute atomic E-state index is 5.72. The maximum atomic E-state index is 5.72. The predicted molar refractivity (Wildman–Crippen MR) is 55.5 cm³/mol. The molecule has 0 bridgehead atoms. The third kappa shape index (κ3) is 1.45. The van der Waals surface area contributed by atoms with Gasteiger partial charge >= 0.3 is 0 Å². The molecule has 0 amide bonds. The fourth-order valence-electron chi connectivity index (χ4n) is 2.57. The number of fused-ring (bicyclic) bond motifs is 1. The van der Waals surface area contributed by atoms with Crippen molar-refractivity contribution in [2.45, 2.75) is 31.4 Å². The summed E-state index contributed by atoms with van der Waals surface area (Å²) in [6.07, 6.45) is 3.91. The van der Waals surface area contributed by atoms with Gasteiger partial charge in [0.1, 0.15) is 0 Å². The molecule has 1 saturated heterocycles. The van der Waals surface area contributed by atoms with Crippen molar-refractivity contribution < 1.29 is 4.74 Å². The molecule has 3 rings (SSSR count). The number of nitrogens with zero attached hydrogens (tertiary/aromatic N) is 3. The molecule has 3 N–H and O–H groups in total. The van der Waals surface area contributed by atoms with Gasteiger partial charge in [-0.05, 0) is 19.3 Å². The number of nitrogen functional groups attached to an aromatic ring is 1. The molecule has 1 aromatic rings. The van der Waals surface area contributed by atoms with Gasteiger partial charge < -0.3 is 15.4 Å². The van der Waals surface area contributed by atoms with Gasteiger partial charge in [-0.3, -0.25) is 0 Å². The van der Waals surface area contributed by atoms with Gasteiger partial charge in [0.15, 0.2) is 0 Å². The van der Waals surface area contributed by atoms with E-state index in [9.17, 15) is 0 Å². The quantitative estimate of drug-likeness (QED) is 0.688. The minimum atomic E-state index is 0.360. The normalized spacial score (nSPS) is 30.5. The first-order valence-electron chi connectivity index (χ1n) is 5.41. The lowest BCUT2D eigenvalue weighted by molar-refractivity contribution is 0.0250. The Morgan fingerprint density at radius 3 is 3.20 bits per heavy atom. The van der Waals surface area contributed by atoms with Crippen molar-refractivity contribution in [3.05, 3.63) is 0 Å². The highest BCUT2D eigenvalue weighted by molar-refractivity contribution is 5.36. The molecule has 1 aliphatic heterocycles. The summed E-state index contributed by atoms with van der Waals surface area (Å²) in [7, 11) is 0. The van der Waals surface area contributed by atoms with Crippen LogP contribution in [0.1, 0.15) is 19.3 Å². The molecule has 0 radical (unpaired) electrons. The first-order valence-corrected chi connectivity index (χ1v) is 5.41. The second-order valence-corrected chi connectivity index (χ2v) is 4.12. The largest absolute Gasteiger partial charge is 0.374 e. The van der Waals surface area contributed by atoms with E-state index in [4.69, 9.17) is 10.5 Å². The molecule has 6 nitrogen and oxygen atoms in total. The molecule has 0 aromatic carbocycles. The number of morpholine rings is 1. The molecular formula is C9H15N5O. The van der Waals surface area contributed by atoms with E-state index in [-0.39, 0.29) is 0 Å². The van der Waals surface area contributed by atoms with E-state index in [1.807, 2.05) is 0 Å². The molecule has 6 heteroatoms. The topological polar surface area (TPSA) is 80.1 Å². The summed E-state index contributed by atoms with van der Waals surface area (Å²) in [5, 5.41) is 6.79. The fourth-order valence-corrected chi connectivity index (χ4v) is 2.57. The van der Waals surface area contributed by atoms with E-state index in [0.29, 0.717) is 24.0 Å². The lowest BCUT2D eigenvalue weighted by atomic mass is 10.1. The average molecular weight is 209 g/mol. The lowest BCUT2D eigenvalue weighted by Crippen LogP contribution is -2.49. The number of ether oxygens (including phenoxy) is 1. The van der Waals surface area contributed by atoms with Gasteiger partial charge in [-0.25, -0.2) is 5.10 Å². The number of hydrogen-bond acceptors (Lipinski definition) is 5. The van der Waals surface area contributed by atoms with Crippen LogP contribution in [0, 0.1) is 0 Å². The Hall–Kier alpha value is -1.30. The number of rotatable bonds is 1. The number of aromatic amines is 1. The highest BCUT2D eigenvalue weighted by Gasteiger charge is 2.37. The van der Waals surface area contributed by atoms with E-state index in [2.05, 4.69) is 20.1 Å². The van der Waals surface area contributed by atoms with E-state index in [1.54, 1.807) is 0 Å². The SMILES string of the molecule is Nc1nc(N2CCOC3CCCC32)n[nH]1. The lowest BCUT2D eigenvalue weighted by Gasteiger charge is -2.36. The number of anilines is 2. The summed E-state index contributed by atoms with van der Waals surface area (Å²) in [4.78, 5) is 6.39. The van der Waals surface area contributed by atoms with Gasteiger partial charge in [0.05, 0.1) is 18.8 Å². The van der Waals surface area contributed by atoms with Gasteiger partial charge in [-0.1, -0.05) is 0 Å². The molecule has 2 fully saturated rings. The molecule has 0 spiro atoms. The van der Waals surface area contributed by atoms with Crippen LogP contribution in [0.4, 0.5) is 11.9 Å². The molecule has 82 valence electrons. The van der Waals surface area contributed by atoms with Crippen LogP contribution in [0.15, 0.2) is 0 Å². The molecule has 2 unspecified atom stereocenters. The number of nitrogens with one attached hydrogen (secondary N) is 1. The third-order valence-corrected chi connectivity index (χ3v) is 3.23. The van der Waals surface area contributed by atoms with Crippen LogP contribution >= 0.6 is 0 Å². The molecule has 2 atom stereocenters. The van der Waals surface area contributed by atoms with Crippen molar-refractivity contribution in [3.63, 3.8) is 0 Å². The Balaban J connectivity index is 1.85. The summed E-state index contributed by atoms with van der Waals surface area (Å²) >= 11 is 0. The minimum Gasteiger partial charge on any atom is -0.374 e. The molecule has 2 aliphatic rings. The molecular weight excluding hydrogens is 194 g/mol. The Morgan fingerprint density at radius 1 is 1.47 bits per heavy atom. The Labute approximate surface area is 87.8 Å². The van der Waals surface area contributed by atoms with E-state index in [0.717, 1.165) is 19.6 Å². The number of H-pyrrole nitrogens is 1. The van der Waals surface area contributed by atoms with Gasteiger partial charge in [0.25, 0.3) is 0 Å². The van der Waals surface area contributed by atoms with Crippen LogP contribution in [0.25, 0.3) is 0 Å². The first-order chi connectivity index (χ1) is 7.34. The van der Waals surface area contributed by atoms with Crippen LogP contribution in [0.2, 0.25) is 0 Å². The minimum absolute atomic E-state index is 0.360. The van der Waals surface area contributed by atoms with Crippen molar-refractivity contribution in [1.29, 1.82) is 0 Å². The Kier molecular flexibility index (Phi) is 2.02. The molecule has 1 saturated carbocycles. The monoisotopic (exact) mass is 209 g/mol. The average Bonchev–Trinajstić information content (AvgIpc) is 2.84. The number of nitrogens with two attached hydrogens (primary N) is 1. The summed E-state index contributed by atoms with van der Waals surface area (Å²) in [5.41, 5.74) is 5.54. The van der Waals surface area contributed by atoms with Crippen LogP contribution in [-0.2, 0) is 4.74 Å². The molecule has 1 aliphatic carbocycles. The van der Waals surface area contributed by atoms with Crippen LogP contribution in [-0.4, -0.2) is 40.5 Å². The Bertz CT molecular complexity index is 352. The van der Waals surface area contributed by atoms with Gasteiger partial charge in [-0.15, -0.1) is 5.10 Å². The second kappa shape index (κ2) is 3.37. The van der Waals surface area contributed by atoms with Crippen molar-refractivity contribution in [3.8, 4) is 0 Å². The summed E-state index contributed by atoms with van der Waals surface area (Å²) in [6, 6.07) is 0.439. The van der Waals surface area contributed by atoms with Gasteiger partial charge in [0, 0.05) is 6.54 Å². The molecule has 2 heterocycles. The zero-order valence-corrected chi connectivity index (χ0v) is 8.52. The summed E-state index contributed by atoms with van der Waals surface area (Å²) in [5.74, 6) is 1.10. The van der Waals surface area contributed by atoms with Crippen LogP contribution in [0.5, 0.6) is 0 Å². The fraction of sp³-hybridized carbons (Fsp3) is 0.778. The van der Waals surface area contributed by atoms with Crippen molar-refractivity contribution in [2.75, 3.05) is 23.8 Å². The van der Waals surface area contributed by atoms with E-state index in [1.165, 1.54) is 12.8 Å². The standard InChI is InChI=1S/C9H15N5O/c10-8-11-9(13-12-8)14-4-5-15-7-3-1-2-6(7)14/h6-7H,1-5H2,(H3,10,11,12,13). The second-order valence-electron chi connectivity index (χ2n) is 4.12. The van der Waals surface area contributed by atoms with Crippen molar-refractivity contribution in [2.24, 2.45) is 0 Å². The van der Waals surface area contributed by atoms with E-state index >= 15 is 0 Å². The molecule has 1 aromatic heterocycles. The highest BCUT2D eigenvalue weighted by Crippen LogP contribution is 2.31. The van der Waals surface area contributed by atoms with Crippen molar-refractivity contribution in [1.82, 2.24) is 15.2 Å². The summed E-state index contributed by atoms with van der Waals surface area (Å²) in [6.45, 7) is 1.62. The highest BCUT2D eigenvalue weighted by atomic mass is 16.5. The predicted octanol–water partition coefficient (Wildman–Crippen LogP) is 0.145. The van der Waals surface area contributed by atoms with Gasteiger partial charge in [0.2, 0.25) is 11.9 Å². The van der Waals surface area contributed by atoms with Gasteiger partial charge in [-0.2, -0.15) is 4.98 Å².